The Balaban J connectivity index is 1.35. The maximum Gasteiger partial charge on any atom is 0.416 e. The second kappa shape index (κ2) is 9.29. The van der Waals surface area contributed by atoms with Crippen molar-refractivity contribution in [1.29, 1.82) is 0 Å². The van der Waals surface area contributed by atoms with E-state index >= 15 is 0 Å². The van der Waals surface area contributed by atoms with E-state index in [-0.39, 0.29) is 12.1 Å². The van der Waals surface area contributed by atoms with Crippen molar-refractivity contribution in [2.45, 2.75) is 50.7 Å². The number of hydrogen-bond donors (Lipinski definition) is 0. The number of benzene rings is 2. The summed E-state index contributed by atoms with van der Waals surface area (Å²) in [6.07, 6.45) is -3.40. The SMILES string of the molecule is COC(=O)c1ccc(CN2C(=O)OC3(CCN(Cc4ccc(C(F)(F)F)cc4)CC3)C2C)cc1. The summed E-state index contributed by atoms with van der Waals surface area (Å²) in [5, 5.41) is 0. The molecule has 2 saturated heterocycles. The van der Waals surface area contributed by atoms with Gasteiger partial charge >= 0.3 is 18.2 Å². The fraction of sp³-hybridized carbons (Fsp3) is 0.440. The molecule has 2 aliphatic heterocycles. The Bertz CT molecular complexity index is 1030. The molecule has 1 unspecified atom stereocenters. The molecule has 6 nitrogen and oxygen atoms in total. The molecule has 1 amide bonds. The minimum Gasteiger partial charge on any atom is -0.465 e. The Morgan fingerprint density at radius 2 is 1.59 bits per heavy atom. The number of carbonyl (C=O) groups excluding carboxylic acids is 2. The van der Waals surface area contributed by atoms with Crippen molar-refractivity contribution in [3.05, 3.63) is 70.8 Å². The number of likely N-dealkylation sites (tertiary alicyclic amines) is 1. The van der Waals surface area contributed by atoms with E-state index in [0.29, 0.717) is 44.6 Å². The van der Waals surface area contributed by atoms with Crippen LogP contribution in [0.15, 0.2) is 48.5 Å². The summed E-state index contributed by atoms with van der Waals surface area (Å²) in [5.74, 6) is -0.414. The van der Waals surface area contributed by atoms with Gasteiger partial charge in [-0.15, -0.1) is 0 Å². The summed E-state index contributed by atoms with van der Waals surface area (Å²) in [6.45, 7) is 4.27. The standard InChI is InChI=1S/C25H27F3N2O4/c1-17-24(34-23(32)30(17)16-19-3-7-20(8-4-19)22(31)33-2)11-13-29(14-12-24)15-18-5-9-21(10-6-18)25(26,27)28/h3-10,17H,11-16H2,1-2H3. The van der Waals surface area contributed by atoms with Gasteiger partial charge in [-0.1, -0.05) is 24.3 Å². The van der Waals surface area contributed by atoms with Crippen LogP contribution in [0, 0.1) is 0 Å². The van der Waals surface area contributed by atoms with Crippen LogP contribution in [-0.4, -0.2) is 53.7 Å². The summed E-state index contributed by atoms with van der Waals surface area (Å²) in [4.78, 5) is 28.2. The van der Waals surface area contributed by atoms with Crippen LogP contribution < -0.4 is 0 Å². The average molecular weight is 476 g/mol. The molecular weight excluding hydrogens is 449 g/mol. The highest BCUT2D eigenvalue weighted by atomic mass is 19.4. The van der Waals surface area contributed by atoms with Crippen molar-refractivity contribution in [2.24, 2.45) is 0 Å². The van der Waals surface area contributed by atoms with E-state index < -0.39 is 23.3 Å². The molecule has 182 valence electrons. The lowest BCUT2D eigenvalue weighted by atomic mass is 9.84. The van der Waals surface area contributed by atoms with E-state index in [2.05, 4.69) is 4.90 Å². The van der Waals surface area contributed by atoms with Crippen LogP contribution in [0.25, 0.3) is 0 Å². The van der Waals surface area contributed by atoms with Crippen molar-refractivity contribution in [3.8, 4) is 0 Å². The molecule has 0 saturated carbocycles. The lowest BCUT2D eigenvalue weighted by Crippen LogP contribution is -2.51. The Morgan fingerprint density at radius 3 is 2.15 bits per heavy atom. The molecular formula is C25H27F3N2O4. The molecule has 0 aromatic heterocycles. The van der Waals surface area contributed by atoms with Crippen LogP contribution in [0.1, 0.15) is 46.8 Å². The third-order valence-corrected chi connectivity index (χ3v) is 6.87. The number of piperidine rings is 1. The predicted molar refractivity (Wildman–Crippen MR) is 118 cm³/mol. The highest BCUT2D eigenvalue weighted by Gasteiger charge is 2.52. The van der Waals surface area contributed by atoms with Gasteiger partial charge in [-0.3, -0.25) is 9.80 Å². The minimum absolute atomic E-state index is 0.131. The van der Waals surface area contributed by atoms with Gasteiger partial charge in [0.25, 0.3) is 0 Å². The smallest absolute Gasteiger partial charge is 0.416 e. The molecule has 0 radical (unpaired) electrons. The van der Waals surface area contributed by atoms with Gasteiger partial charge in [0.1, 0.15) is 5.60 Å². The lowest BCUT2D eigenvalue weighted by molar-refractivity contribution is -0.137. The Labute approximate surface area is 196 Å². The minimum atomic E-state index is -4.34. The second-order valence-electron chi connectivity index (χ2n) is 8.90. The first kappa shape index (κ1) is 24.1. The molecule has 4 rings (SSSR count). The third-order valence-electron chi connectivity index (χ3n) is 6.87. The number of carbonyl (C=O) groups is 2. The van der Waals surface area contributed by atoms with Gasteiger partial charge in [0.2, 0.25) is 0 Å². The number of halogens is 3. The van der Waals surface area contributed by atoms with Gasteiger partial charge in [-0.05, 0) is 42.3 Å². The molecule has 2 aliphatic rings. The molecule has 2 fully saturated rings. The maximum atomic E-state index is 12.8. The number of amides is 1. The molecule has 2 aromatic carbocycles. The average Bonchev–Trinajstić information content (AvgIpc) is 3.04. The Hall–Kier alpha value is -3.07. The molecule has 9 heteroatoms. The van der Waals surface area contributed by atoms with Crippen molar-refractivity contribution < 1.29 is 32.2 Å². The molecule has 2 heterocycles. The first-order valence-electron chi connectivity index (χ1n) is 11.2. The summed E-state index contributed by atoms with van der Waals surface area (Å²) in [5.41, 5.74) is 0.908. The first-order valence-corrected chi connectivity index (χ1v) is 11.2. The molecule has 0 bridgehead atoms. The Kier molecular flexibility index (Phi) is 6.58. The summed E-state index contributed by atoms with van der Waals surface area (Å²) in [7, 11) is 1.33. The number of nitrogens with zero attached hydrogens (tertiary/aromatic N) is 2. The fourth-order valence-electron chi connectivity index (χ4n) is 4.69. The van der Waals surface area contributed by atoms with Crippen LogP contribution >= 0.6 is 0 Å². The molecule has 2 aromatic rings. The van der Waals surface area contributed by atoms with E-state index in [9.17, 15) is 22.8 Å². The fourth-order valence-corrected chi connectivity index (χ4v) is 4.69. The summed E-state index contributed by atoms with van der Waals surface area (Å²) >= 11 is 0. The van der Waals surface area contributed by atoms with Crippen LogP contribution in [0.4, 0.5) is 18.0 Å². The number of methoxy groups -OCH3 is 1. The molecule has 1 spiro atoms. The molecule has 0 aliphatic carbocycles. The van der Waals surface area contributed by atoms with Gasteiger partial charge in [0.05, 0.1) is 24.3 Å². The number of ether oxygens (including phenoxy) is 2. The number of alkyl halides is 3. The quantitative estimate of drug-likeness (QED) is 0.577. The highest BCUT2D eigenvalue weighted by Crippen LogP contribution is 2.39. The van der Waals surface area contributed by atoms with Crippen molar-refractivity contribution in [2.75, 3.05) is 20.2 Å². The largest absolute Gasteiger partial charge is 0.465 e. The van der Waals surface area contributed by atoms with E-state index in [0.717, 1.165) is 23.3 Å². The van der Waals surface area contributed by atoms with Crippen molar-refractivity contribution in [3.63, 3.8) is 0 Å². The van der Waals surface area contributed by atoms with E-state index in [1.165, 1.54) is 19.2 Å². The third kappa shape index (κ3) is 4.89. The van der Waals surface area contributed by atoms with Gasteiger partial charge < -0.3 is 9.47 Å². The van der Waals surface area contributed by atoms with E-state index in [4.69, 9.17) is 9.47 Å². The van der Waals surface area contributed by atoms with Gasteiger partial charge in [0.15, 0.2) is 0 Å². The first-order chi connectivity index (χ1) is 16.1. The van der Waals surface area contributed by atoms with Gasteiger partial charge in [-0.25, -0.2) is 9.59 Å². The van der Waals surface area contributed by atoms with E-state index in [1.54, 1.807) is 29.2 Å². The van der Waals surface area contributed by atoms with E-state index in [1.807, 2.05) is 6.92 Å². The van der Waals surface area contributed by atoms with Crippen molar-refractivity contribution in [1.82, 2.24) is 9.80 Å². The Morgan fingerprint density at radius 1 is 1.03 bits per heavy atom. The molecule has 0 N–H and O–H groups in total. The number of esters is 1. The zero-order valence-electron chi connectivity index (χ0n) is 19.1. The zero-order chi connectivity index (χ0) is 24.5. The van der Waals surface area contributed by atoms with Gasteiger partial charge in [-0.2, -0.15) is 13.2 Å². The van der Waals surface area contributed by atoms with Crippen molar-refractivity contribution >= 4 is 12.1 Å². The predicted octanol–water partition coefficient (Wildman–Crippen LogP) is 4.87. The summed E-state index contributed by atoms with van der Waals surface area (Å²) in [6, 6.07) is 12.0. The highest BCUT2D eigenvalue weighted by molar-refractivity contribution is 5.89. The van der Waals surface area contributed by atoms with Gasteiger partial charge in [0, 0.05) is 39.0 Å². The van der Waals surface area contributed by atoms with Crippen LogP contribution in [0.5, 0.6) is 0 Å². The zero-order valence-corrected chi connectivity index (χ0v) is 19.1. The number of rotatable bonds is 5. The van der Waals surface area contributed by atoms with Crippen LogP contribution in [-0.2, 0) is 28.7 Å². The monoisotopic (exact) mass is 476 g/mol. The normalized spacial score (nSPS) is 20.4. The van der Waals surface area contributed by atoms with Crippen LogP contribution in [0.2, 0.25) is 0 Å². The summed E-state index contributed by atoms with van der Waals surface area (Å²) < 4.78 is 48.9. The second-order valence-corrected chi connectivity index (χ2v) is 8.90. The van der Waals surface area contributed by atoms with Crippen LogP contribution in [0.3, 0.4) is 0 Å². The molecule has 1 atom stereocenters. The number of hydrogen-bond acceptors (Lipinski definition) is 5. The molecule has 34 heavy (non-hydrogen) atoms. The topological polar surface area (TPSA) is 59.1 Å². The maximum absolute atomic E-state index is 12.8. The lowest BCUT2D eigenvalue weighted by Gasteiger charge is -2.40.